The van der Waals surface area contributed by atoms with Crippen LogP contribution in [0.25, 0.3) is 0 Å². The molecule has 0 atom stereocenters. The van der Waals surface area contributed by atoms with Crippen LogP contribution in [-0.2, 0) is 4.74 Å². The third-order valence-corrected chi connectivity index (χ3v) is 1.69. The lowest BCUT2D eigenvalue weighted by Crippen LogP contribution is -2.05. The lowest BCUT2D eigenvalue weighted by molar-refractivity contribution is 0.0523. The van der Waals surface area contributed by atoms with Crippen LogP contribution >= 0.6 is 11.6 Å². The van der Waals surface area contributed by atoms with E-state index < -0.39 is 5.97 Å². The van der Waals surface area contributed by atoms with Crippen molar-refractivity contribution in [3.63, 3.8) is 0 Å². The summed E-state index contributed by atoms with van der Waals surface area (Å²) in [7, 11) is 0. The van der Waals surface area contributed by atoms with Gasteiger partial charge in [0.15, 0.2) is 6.29 Å². The fourth-order valence-corrected chi connectivity index (χ4v) is 1.01. The molecular formula is C8H7ClO4. The number of esters is 1. The van der Waals surface area contributed by atoms with E-state index in [4.69, 9.17) is 11.6 Å². The van der Waals surface area contributed by atoms with Gasteiger partial charge in [-0.1, -0.05) is 0 Å². The fraction of sp³-hybridized carbons (Fsp3) is 0.250. The van der Waals surface area contributed by atoms with E-state index in [9.17, 15) is 9.59 Å². The van der Waals surface area contributed by atoms with Gasteiger partial charge in [0.1, 0.15) is 11.8 Å². The van der Waals surface area contributed by atoms with Crippen molar-refractivity contribution >= 4 is 23.9 Å². The minimum absolute atomic E-state index is 0.0279. The van der Waals surface area contributed by atoms with Gasteiger partial charge in [0.05, 0.1) is 12.2 Å². The molecule has 0 N–H and O–H groups in total. The molecule has 1 heterocycles. The van der Waals surface area contributed by atoms with Crippen LogP contribution in [0.15, 0.2) is 10.7 Å². The van der Waals surface area contributed by atoms with Crippen LogP contribution in [-0.4, -0.2) is 18.9 Å². The highest BCUT2D eigenvalue weighted by Gasteiger charge is 2.18. The largest absolute Gasteiger partial charge is 0.462 e. The smallest absolute Gasteiger partial charge is 0.342 e. The SMILES string of the molecule is CCOC(=O)c1coc(Cl)c1C=O. The molecule has 4 nitrogen and oxygen atoms in total. The minimum Gasteiger partial charge on any atom is -0.462 e. The van der Waals surface area contributed by atoms with E-state index in [0.717, 1.165) is 6.26 Å². The number of rotatable bonds is 3. The third kappa shape index (κ3) is 1.89. The van der Waals surface area contributed by atoms with Gasteiger partial charge in [-0.25, -0.2) is 4.79 Å². The van der Waals surface area contributed by atoms with Gasteiger partial charge < -0.3 is 9.15 Å². The molecule has 0 spiro atoms. The van der Waals surface area contributed by atoms with Crippen LogP contribution in [0.5, 0.6) is 0 Å². The molecule has 5 heteroatoms. The summed E-state index contributed by atoms with van der Waals surface area (Å²) in [5, 5.41) is -0.0990. The zero-order valence-corrected chi connectivity index (χ0v) is 7.63. The topological polar surface area (TPSA) is 56.5 Å². The van der Waals surface area contributed by atoms with Crippen LogP contribution in [0.4, 0.5) is 0 Å². The molecule has 0 amide bonds. The van der Waals surface area contributed by atoms with Crippen LogP contribution in [0.1, 0.15) is 27.6 Å². The van der Waals surface area contributed by atoms with Crippen molar-refractivity contribution in [1.82, 2.24) is 0 Å². The molecular weight excluding hydrogens is 196 g/mol. The van der Waals surface area contributed by atoms with Crippen molar-refractivity contribution in [2.75, 3.05) is 6.61 Å². The van der Waals surface area contributed by atoms with Gasteiger partial charge in [0, 0.05) is 0 Å². The van der Waals surface area contributed by atoms with E-state index in [1.54, 1.807) is 6.92 Å². The molecule has 1 aromatic rings. The van der Waals surface area contributed by atoms with E-state index >= 15 is 0 Å². The van der Waals surface area contributed by atoms with Gasteiger partial charge in [-0.05, 0) is 18.5 Å². The van der Waals surface area contributed by atoms with Gasteiger partial charge >= 0.3 is 5.97 Å². The first-order valence-corrected chi connectivity index (χ1v) is 3.97. The summed E-state index contributed by atoms with van der Waals surface area (Å²) < 4.78 is 9.35. The summed E-state index contributed by atoms with van der Waals surface area (Å²) >= 11 is 5.48. The van der Waals surface area contributed by atoms with Gasteiger partial charge in [0.2, 0.25) is 5.22 Å². The predicted octanol–water partition coefficient (Wildman–Crippen LogP) is 1.92. The highest BCUT2D eigenvalue weighted by molar-refractivity contribution is 6.32. The van der Waals surface area contributed by atoms with Crippen molar-refractivity contribution in [3.05, 3.63) is 22.6 Å². The highest BCUT2D eigenvalue weighted by Crippen LogP contribution is 2.20. The standard InChI is InChI=1S/C8H7ClO4/c1-2-12-8(11)6-4-13-7(9)5(6)3-10/h3-4H,2H2,1H3. The fourth-order valence-electron chi connectivity index (χ4n) is 0.820. The van der Waals surface area contributed by atoms with Crippen LogP contribution in [0.3, 0.4) is 0 Å². The number of furan rings is 1. The summed E-state index contributed by atoms with van der Waals surface area (Å²) in [5.41, 5.74) is 0.0852. The Balaban J connectivity index is 3.00. The Hall–Kier alpha value is -1.29. The first kappa shape index (κ1) is 9.80. The number of hydrogen-bond acceptors (Lipinski definition) is 4. The number of ether oxygens (including phenoxy) is 1. The Labute approximate surface area is 79.4 Å². The van der Waals surface area contributed by atoms with Gasteiger partial charge in [-0.3, -0.25) is 4.79 Å². The van der Waals surface area contributed by atoms with Crippen molar-refractivity contribution < 1.29 is 18.7 Å². The first-order chi connectivity index (χ1) is 6.20. The predicted molar refractivity (Wildman–Crippen MR) is 45.1 cm³/mol. The second-order valence-corrected chi connectivity index (χ2v) is 2.52. The van der Waals surface area contributed by atoms with Crippen molar-refractivity contribution in [1.29, 1.82) is 0 Å². The molecule has 0 aliphatic rings. The number of carbonyl (C=O) groups excluding carboxylic acids is 2. The highest BCUT2D eigenvalue weighted by atomic mass is 35.5. The van der Waals surface area contributed by atoms with Gasteiger partial charge in [-0.15, -0.1) is 0 Å². The maximum atomic E-state index is 11.1. The van der Waals surface area contributed by atoms with Crippen molar-refractivity contribution in [3.8, 4) is 0 Å². The zero-order chi connectivity index (χ0) is 9.84. The summed E-state index contributed by atoms with van der Waals surface area (Å²) in [6.45, 7) is 1.90. The lowest BCUT2D eigenvalue weighted by atomic mass is 10.2. The zero-order valence-electron chi connectivity index (χ0n) is 6.87. The molecule has 0 bridgehead atoms. The molecule has 0 radical (unpaired) electrons. The van der Waals surface area contributed by atoms with Crippen LogP contribution in [0.2, 0.25) is 5.22 Å². The summed E-state index contributed by atoms with van der Waals surface area (Å²) in [6.07, 6.45) is 1.56. The first-order valence-electron chi connectivity index (χ1n) is 3.60. The Morgan fingerprint density at radius 3 is 3.00 bits per heavy atom. The average Bonchev–Trinajstić information content (AvgIpc) is 2.47. The Morgan fingerprint density at radius 1 is 1.77 bits per heavy atom. The van der Waals surface area contributed by atoms with E-state index in [1.165, 1.54) is 0 Å². The van der Waals surface area contributed by atoms with E-state index in [1.807, 2.05) is 0 Å². The quantitative estimate of drug-likeness (QED) is 0.555. The number of hydrogen-bond donors (Lipinski definition) is 0. The monoisotopic (exact) mass is 202 g/mol. The molecule has 0 fully saturated rings. The van der Waals surface area contributed by atoms with Crippen LogP contribution < -0.4 is 0 Å². The molecule has 0 unspecified atom stereocenters. The van der Waals surface area contributed by atoms with Gasteiger partial charge in [0.25, 0.3) is 0 Å². The van der Waals surface area contributed by atoms with Crippen molar-refractivity contribution in [2.45, 2.75) is 6.92 Å². The Morgan fingerprint density at radius 2 is 2.46 bits per heavy atom. The lowest BCUT2D eigenvalue weighted by Gasteiger charge is -1.97. The van der Waals surface area contributed by atoms with E-state index in [2.05, 4.69) is 9.15 Å². The molecule has 0 aliphatic heterocycles. The Kier molecular flexibility index (Phi) is 3.08. The molecule has 0 saturated heterocycles. The maximum Gasteiger partial charge on any atom is 0.342 e. The summed E-state index contributed by atoms with van der Waals surface area (Å²) in [6, 6.07) is 0. The maximum absolute atomic E-state index is 11.1. The molecule has 1 aromatic heterocycles. The molecule has 0 aromatic carbocycles. The van der Waals surface area contributed by atoms with Gasteiger partial charge in [-0.2, -0.15) is 0 Å². The molecule has 13 heavy (non-hydrogen) atoms. The number of halogens is 1. The number of carbonyl (C=O) groups is 2. The summed E-state index contributed by atoms with van der Waals surface area (Å²) in [4.78, 5) is 21.6. The van der Waals surface area contributed by atoms with Crippen LogP contribution in [0, 0.1) is 0 Å². The third-order valence-electron chi connectivity index (χ3n) is 1.40. The van der Waals surface area contributed by atoms with E-state index in [-0.39, 0.29) is 23.0 Å². The van der Waals surface area contributed by atoms with Crippen molar-refractivity contribution in [2.24, 2.45) is 0 Å². The summed E-state index contributed by atoms with van der Waals surface area (Å²) in [5.74, 6) is -0.611. The average molecular weight is 203 g/mol. The second-order valence-electron chi connectivity index (χ2n) is 2.18. The molecule has 1 rings (SSSR count). The molecule has 70 valence electrons. The Bertz CT molecular complexity index is 329. The second kappa shape index (κ2) is 4.09. The van der Waals surface area contributed by atoms with E-state index in [0.29, 0.717) is 6.29 Å². The molecule has 0 aliphatic carbocycles. The normalized spacial score (nSPS) is 9.69. The minimum atomic E-state index is -0.611. The number of aldehydes is 1. The molecule has 0 saturated carbocycles.